The number of carbonyl (C=O) groups excluding carboxylic acids is 4. The largest absolute Gasteiger partial charge is 2.00 e. The van der Waals surface area contributed by atoms with E-state index in [0.29, 0.717) is 0 Å². The van der Waals surface area contributed by atoms with Gasteiger partial charge >= 0.3 is 157 Å². The first-order valence-corrected chi connectivity index (χ1v) is 1.15. The zero-order valence-corrected chi connectivity index (χ0v) is 25.6. The van der Waals surface area contributed by atoms with Crippen LogP contribution in [-0.2, 0) is 38.7 Å². The Kier molecular flexibility index (Phi) is 1680. The van der Waals surface area contributed by atoms with Crippen LogP contribution in [0.5, 0.6) is 0 Å². The van der Waals surface area contributed by atoms with Crippen molar-refractivity contribution in [2.45, 2.75) is 0 Å². The maximum absolute atomic E-state index is 8.00. The van der Waals surface area contributed by atoms with E-state index in [4.69, 9.17) is 19.2 Å². The fraction of sp³-hybridized carbons (Fsp3) is 0. The van der Waals surface area contributed by atoms with Gasteiger partial charge in [0.15, 0.2) is 0 Å². The molecule has 0 amide bonds. The number of hydrogen-bond acceptors (Lipinski definition) is 4. The van der Waals surface area contributed by atoms with Crippen molar-refractivity contribution in [1.82, 2.24) is 0 Å². The Hall–Kier alpha value is 4.57. The maximum Gasteiger partial charge on any atom is 2.00 e. The third-order valence-electron chi connectivity index (χ3n) is 0. The molecule has 0 spiro atoms. The van der Waals surface area contributed by atoms with Gasteiger partial charge in [-0.15, -0.1) is 0 Å². The molecule has 0 heterocycles. The second-order valence-corrected chi connectivity index (χ2v) is 0. The van der Waals surface area contributed by atoms with Crippen LogP contribution in [0.2, 0.25) is 0 Å². The molecule has 0 aliphatic carbocycles. The summed E-state index contributed by atoms with van der Waals surface area (Å²) in [5.41, 5.74) is 0. The first-order chi connectivity index (χ1) is 4.00. The van der Waals surface area contributed by atoms with E-state index in [0.717, 1.165) is 0 Å². The summed E-state index contributed by atoms with van der Waals surface area (Å²) in [6.45, 7) is 8.00. The van der Waals surface area contributed by atoms with Gasteiger partial charge in [-0.2, -0.15) is 0 Å². The molecule has 0 bridgehead atoms. The van der Waals surface area contributed by atoms with Gasteiger partial charge in [0.1, 0.15) is 27.2 Å². The molecule has 0 saturated heterocycles. The minimum atomic E-state index is 0. The molecule has 0 aliphatic rings. The van der Waals surface area contributed by atoms with Crippen LogP contribution in [0.4, 0.5) is 0 Å². The molecule has 86 valence electrons. The number of carbonyl (C=O) groups is 4. The minimum absolute atomic E-state index is 0. The van der Waals surface area contributed by atoms with E-state index in [1.807, 2.05) is 27.2 Å². The van der Waals surface area contributed by atoms with Crippen LogP contribution in [0.15, 0.2) is 0 Å². The van der Waals surface area contributed by atoms with E-state index in [2.05, 4.69) is 0 Å². The predicted octanol–water partition coefficient (Wildman–Crippen LogP) is -18.7. The maximum atomic E-state index is 8.00. The van der Waals surface area contributed by atoms with Gasteiger partial charge in [-0.05, 0) is 0 Å². The third kappa shape index (κ3) is 244. The SMILES string of the molecule is C=O.C=O.C=O.C=O.[Cl-].[Cl-].[Cl-].[Cl-].[Cs+].[Cs+].[Ru+2]. The monoisotopic (exact) mass is 628 g/mol. The number of halogens is 4. The van der Waals surface area contributed by atoms with E-state index in [1.54, 1.807) is 0 Å². The molecule has 0 atom stereocenters. The van der Waals surface area contributed by atoms with Gasteiger partial charge in [0.05, 0.1) is 0 Å². The molecule has 0 fully saturated rings. The second-order valence-electron chi connectivity index (χ2n) is 0. The fourth-order valence-corrected chi connectivity index (χ4v) is 0. The average Bonchev–Trinajstić information content (AvgIpc) is 2.03. The van der Waals surface area contributed by atoms with Crippen LogP contribution in [0, 0.1) is 0 Å². The van der Waals surface area contributed by atoms with Crippen molar-refractivity contribution in [1.29, 1.82) is 0 Å². The smallest absolute Gasteiger partial charge is 1.00 e. The molecule has 0 aromatic carbocycles. The minimum Gasteiger partial charge on any atom is -1.00 e. The van der Waals surface area contributed by atoms with Crippen LogP contribution in [-0.4, -0.2) is 27.2 Å². The van der Waals surface area contributed by atoms with Gasteiger partial charge < -0.3 is 68.8 Å². The Balaban J connectivity index is -0.00000000137. The molecule has 0 rings (SSSR count). The summed E-state index contributed by atoms with van der Waals surface area (Å²) in [5, 5.41) is 0. The van der Waals surface area contributed by atoms with E-state index in [1.165, 1.54) is 0 Å². The first-order valence-electron chi connectivity index (χ1n) is 1.15. The predicted molar refractivity (Wildman–Crippen MR) is 28.5 cm³/mol. The normalized spacial score (nSPS) is 1.07. The number of rotatable bonds is 0. The van der Waals surface area contributed by atoms with E-state index >= 15 is 0 Å². The number of hydrogen-bond donors (Lipinski definition) is 0. The Morgan fingerprint density at radius 3 is 0.400 bits per heavy atom. The quantitative estimate of drug-likeness (QED) is 0.250. The van der Waals surface area contributed by atoms with Crippen molar-refractivity contribution in [2.24, 2.45) is 0 Å². The summed E-state index contributed by atoms with van der Waals surface area (Å²) < 4.78 is 0. The van der Waals surface area contributed by atoms with Crippen molar-refractivity contribution < 1.29 is 226 Å². The molecule has 15 heavy (non-hydrogen) atoms. The fourth-order valence-electron chi connectivity index (χ4n) is 0. The molecule has 0 unspecified atom stereocenters. The van der Waals surface area contributed by atoms with Crippen molar-refractivity contribution in [3.63, 3.8) is 0 Å². The summed E-state index contributed by atoms with van der Waals surface area (Å²) in [4.78, 5) is 32.0. The van der Waals surface area contributed by atoms with Crippen molar-refractivity contribution in [3.8, 4) is 0 Å². The van der Waals surface area contributed by atoms with Crippen LogP contribution >= 0.6 is 0 Å². The third-order valence-corrected chi connectivity index (χ3v) is 0. The molecule has 0 aromatic heterocycles. The second kappa shape index (κ2) is 275. The molecule has 0 N–H and O–H groups in total. The Morgan fingerprint density at radius 1 is 0.400 bits per heavy atom. The zero-order valence-electron chi connectivity index (χ0n) is 8.33. The zero-order chi connectivity index (χ0) is 8.00. The van der Waals surface area contributed by atoms with E-state index in [-0.39, 0.29) is 207 Å². The first kappa shape index (κ1) is 91.9. The van der Waals surface area contributed by atoms with Crippen LogP contribution < -0.4 is 187 Å². The molecule has 4 nitrogen and oxygen atoms in total. The molecule has 0 radical (unpaired) electrons. The van der Waals surface area contributed by atoms with Crippen LogP contribution in [0.3, 0.4) is 0 Å². The topological polar surface area (TPSA) is 68.3 Å². The summed E-state index contributed by atoms with van der Waals surface area (Å²) in [7, 11) is 0. The van der Waals surface area contributed by atoms with Gasteiger partial charge in [0.25, 0.3) is 0 Å². The molecule has 11 heteroatoms. The van der Waals surface area contributed by atoms with Crippen molar-refractivity contribution in [3.05, 3.63) is 0 Å². The molecule has 0 aromatic rings. The van der Waals surface area contributed by atoms with E-state index in [9.17, 15) is 0 Å². The average molecular weight is 629 g/mol. The van der Waals surface area contributed by atoms with E-state index < -0.39 is 0 Å². The van der Waals surface area contributed by atoms with Gasteiger partial charge in [0.2, 0.25) is 0 Å². The van der Waals surface area contributed by atoms with Gasteiger partial charge in [0, 0.05) is 0 Å². The summed E-state index contributed by atoms with van der Waals surface area (Å²) in [6.07, 6.45) is 0. The Labute approximate surface area is 246 Å². The van der Waals surface area contributed by atoms with Crippen LogP contribution in [0.1, 0.15) is 0 Å². The Bertz CT molecular complexity index is 40.6. The van der Waals surface area contributed by atoms with Crippen LogP contribution in [0.25, 0.3) is 0 Å². The standard InChI is InChI=1S/4CH2O.4ClH.2Cs.Ru/c4*1-2;;;;;;;/h4*1H2;4*1H;;;/q;;;;;;;;2*+1;+2/p-4. The summed E-state index contributed by atoms with van der Waals surface area (Å²) in [6, 6.07) is 0. The molecular formula is C4H8Cl4Cs2O4Ru. The summed E-state index contributed by atoms with van der Waals surface area (Å²) in [5.74, 6) is 0. The Morgan fingerprint density at radius 2 is 0.400 bits per heavy atom. The van der Waals surface area contributed by atoms with Crippen molar-refractivity contribution in [2.75, 3.05) is 0 Å². The summed E-state index contributed by atoms with van der Waals surface area (Å²) >= 11 is 0. The van der Waals surface area contributed by atoms with Gasteiger partial charge in [-0.3, -0.25) is 0 Å². The van der Waals surface area contributed by atoms with Crippen molar-refractivity contribution >= 4 is 27.2 Å². The van der Waals surface area contributed by atoms with Gasteiger partial charge in [-0.25, -0.2) is 0 Å². The molecule has 0 saturated carbocycles. The molecule has 0 aliphatic heterocycles. The molecular weight excluding hydrogens is 621 g/mol. The van der Waals surface area contributed by atoms with Gasteiger partial charge in [-0.1, -0.05) is 0 Å².